The molecular weight excluding hydrogens is 249 g/mol. The molecule has 2 rings (SSSR count). The maximum atomic E-state index is 12.9. The van der Waals surface area contributed by atoms with Crippen molar-refractivity contribution in [1.82, 2.24) is 10.2 Å². The maximum Gasteiger partial charge on any atom is 0.205 e. The zero-order valence-electron chi connectivity index (χ0n) is 8.45. The van der Waals surface area contributed by atoms with Crippen LogP contribution in [0.5, 0.6) is 0 Å². The second-order valence-electron chi connectivity index (χ2n) is 3.28. The van der Waals surface area contributed by atoms with E-state index in [9.17, 15) is 4.39 Å². The monoisotopic (exact) mass is 257 g/mol. The number of anilines is 1. The molecule has 84 valence electrons. The van der Waals surface area contributed by atoms with E-state index >= 15 is 0 Å². The lowest BCUT2D eigenvalue weighted by Crippen LogP contribution is -2.07. The minimum atomic E-state index is -0.336. The third-order valence-electron chi connectivity index (χ3n) is 2.13. The molecule has 1 unspecified atom stereocenters. The maximum absolute atomic E-state index is 12.9. The van der Waals surface area contributed by atoms with Gasteiger partial charge in [-0.25, -0.2) is 4.39 Å². The summed E-state index contributed by atoms with van der Waals surface area (Å²) in [5.41, 5.74) is 2.47. The lowest BCUT2D eigenvalue weighted by atomic mass is 10.1. The zero-order chi connectivity index (χ0) is 11.5. The molecule has 1 heterocycles. The molecular formula is C10H9ClFN3S. The fraction of sp³-hybridized carbons (Fsp3) is 0.200. The second kappa shape index (κ2) is 4.76. The number of nitrogens with zero attached hydrogens (tertiary/aromatic N) is 2. The Kier molecular flexibility index (Phi) is 3.36. The van der Waals surface area contributed by atoms with Gasteiger partial charge in [-0.15, -0.1) is 10.2 Å². The van der Waals surface area contributed by atoms with E-state index in [0.29, 0.717) is 10.2 Å². The van der Waals surface area contributed by atoms with Gasteiger partial charge >= 0.3 is 0 Å². The fourth-order valence-electron chi connectivity index (χ4n) is 1.35. The Balaban J connectivity index is 2.17. The largest absolute Gasteiger partial charge is 0.354 e. The van der Waals surface area contributed by atoms with Crippen molar-refractivity contribution in [2.45, 2.75) is 13.0 Å². The van der Waals surface area contributed by atoms with Crippen LogP contribution in [-0.2, 0) is 0 Å². The Bertz CT molecular complexity index is 475. The average Bonchev–Trinajstić information content (AvgIpc) is 2.70. The number of nitrogens with one attached hydrogen (secondary N) is 1. The van der Waals surface area contributed by atoms with Crippen LogP contribution >= 0.6 is 22.9 Å². The minimum Gasteiger partial charge on any atom is -0.354 e. The number of hydrogen-bond donors (Lipinski definition) is 1. The highest BCUT2D eigenvalue weighted by Gasteiger charge is 2.11. The fourth-order valence-corrected chi connectivity index (χ4v) is 2.22. The predicted molar refractivity (Wildman–Crippen MR) is 63.4 cm³/mol. The van der Waals surface area contributed by atoms with Gasteiger partial charge in [-0.3, -0.25) is 0 Å². The molecule has 6 heteroatoms. The van der Waals surface area contributed by atoms with Crippen LogP contribution in [0.3, 0.4) is 0 Å². The van der Waals surface area contributed by atoms with Gasteiger partial charge in [-0.1, -0.05) is 29.0 Å². The number of aromatic nitrogens is 2. The molecule has 0 spiro atoms. The minimum absolute atomic E-state index is 0.0407. The van der Waals surface area contributed by atoms with E-state index in [4.69, 9.17) is 11.6 Å². The molecule has 0 fully saturated rings. The molecule has 1 aromatic carbocycles. The van der Waals surface area contributed by atoms with Gasteiger partial charge in [0, 0.05) is 5.02 Å². The van der Waals surface area contributed by atoms with Gasteiger partial charge in [0.05, 0.1) is 6.04 Å². The summed E-state index contributed by atoms with van der Waals surface area (Å²) in [5, 5.41) is 11.8. The Hall–Kier alpha value is -1.20. The summed E-state index contributed by atoms with van der Waals surface area (Å²) < 4.78 is 12.9. The van der Waals surface area contributed by atoms with Gasteiger partial charge < -0.3 is 5.32 Å². The summed E-state index contributed by atoms with van der Waals surface area (Å²) in [5.74, 6) is -0.336. The molecule has 16 heavy (non-hydrogen) atoms. The van der Waals surface area contributed by atoms with Crippen LogP contribution in [0.2, 0.25) is 5.02 Å². The summed E-state index contributed by atoms with van der Waals surface area (Å²) in [7, 11) is 0. The number of rotatable bonds is 3. The van der Waals surface area contributed by atoms with E-state index in [-0.39, 0.29) is 11.9 Å². The van der Waals surface area contributed by atoms with Gasteiger partial charge in [0.25, 0.3) is 0 Å². The number of halogens is 2. The molecule has 0 amide bonds. The van der Waals surface area contributed by atoms with E-state index in [1.165, 1.54) is 23.5 Å². The molecule has 1 aromatic heterocycles. The summed E-state index contributed by atoms with van der Waals surface area (Å²) >= 11 is 7.36. The summed E-state index contributed by atoms with van der Waals surface area (Å²) in [4.78, 5) is 0. The normalized spacial score (nSPS) is 12.4. The van der Waals surface area contributed by atoms with Crippen LogP contribution in [0.1, 0.15) is 18.5 Å². The van der Waals surface area contributed by atoms with Crippen LogP contribution in [0, 0.1) is 5.82 Å². The SMILES string of the molecule is CC(Nc1nncs1)c1ccc(F)cc1Cl. The van der Waals surface area contributed by atoms with Crippen LogP contribution in [0.25, 0.3) is 0 Å². The highest BCUT2D eigenvalue weighted by Crippen LogP contribution is 2.26. The standard InChI is InChI=1S/C10H9ClFN3S/c1-6(14-10-15-13-5-16-10)8-3-2-7(12)4-9(8)11/h2-6H,1H3,(H,14,15). The molecule has 0 saturated carbocycles. The van der Waals surface area contributed by atoms with Crippen molar-refractivity contribution in [2.75, 3.05) is 5.32 Å². The molecule has 0 radical (unpaired) electrons. The molecule has 2 aromatic rings. The smallest absolute Gasteiger partial charge is 0.205 e. The van der Waals surface area contributed by atoms with E-state index in [2.05, 4.69) is 15.5 Å². The first kappa shape index (κ1) is 11.3. The topological polar surface area (TPSA) is 37.8 Å². The summed E-state index contributed by atoms with van der Waals surface area (Å²) in [6.07, 6.45) is 0. The number of benzene rings is 1. The highest BCUT2D eigenvalue weighted by molar-refractivity contribution is 7.13. The Labute approximate surface area is 101 Å². The third kappa shape index (κ3) is 2.48. The summed E-state index contributed by atoms with van der Waals surface area (Å²) in [6.45, 7) is 1.93. The average molecular weight is 258 g/mol. The lowest BCUT2D eigenvalue weighted by molar-refractivity contribution is 0.626. The van der Waals surface area contributed by atoms with Crippen molar-refractivity contribution < 1.29 is 4.39 Å². The van der Waals surface area contributed by atoms with Crippen LogP contribution in [-0.4, -0.2) is 10.2 Å². The van der Waals surface area contributed by atoms with Crippen LogP contribution < -0.4 is 5.32 Å². The van der Waals surface area contributed by atoms with E-state index in [1.807, 2.05) is 6.92 Å². The quantitative estimate of drug-likeness (QED) is 0.914. The molecule has 3 nitrogen and oxygen atoms in total. The third-order valence-corrected chi connectivity index (χ3v) is 3.08. The number of hydrogen-bond acceptors (Lipinski definition) is 4. The lowest BCUT2D eigenvalue weighted by Gasteiger charge is -2.14. The van der Waals surface area contributed by atoms with Crippen molar-refractivity contribution >= 4 is 28.1 Å². The predicted octanol–water partition coefficient (Wildman–Crippen LogP) is 3.50. The Morgan fingerprint density at radius 1 is 1.50 bits per heavy atom. The molecule has 0 bridgehead atoms. The first-order valence-electron chi connectivity index (χ1n) is 4.64. The highest BCUT2D eigenvalue weighted by atomic mass is 35.5. The van der Waals surface area contributed by atoms with Gasteiger partial charge in [-0.05, 0) is 24.6 Å². The Morgan fingerprint density at radius 3 is 2.94 bits per heavy atom. The second-order valence-corrected chi connectivity index (χ2v) is 4.52. The first-order chi connectivity index (χ1) is 7.66. The van der Waals surface area contributed by atoms with Crippen LogP contribution in [0.4, 0.5) is 9.52 Å². The molecule has 0 aliphatic carbocycles. The van der Waals surface area contributed by atoms with Gasteiger partial charge in [0.15, 0.2) is 0 Å². The van der Waals surface area contributed by atoms with E-state index in [1.54, 1.807) is 11.6 Å². The van der Waals surface area contributed by atoms with Crippen molar-refractivity contribution in [3.63, 3.8) is 0 Å². The molecule has 1 atom stereocenters. The van der Waals surface area contributed by atoms with Gasteiger partial charge in [-0.2, -0.15) is 0 Å². The molecule has 1 N–H and O–H groups in total. The molecule has 0 aliphatic heterocycles. The van der Waals surface area contributed by atoms with Crippen molar-refractivity contribution in [1.29, 1.82) is 0 Å². The van der Waals surface area contributed by atoms with Crippen LogP contribution in [0.15, 0.2) is 23.7 Å². The molecule has 0 saturated heterocycles. The van der Waals surface area contributed by atoms with Crippen molar-refractivity contribution in [3.05, 3.63) is 40.1 Å². The van der Waals surface area contributed by atoms with E-state index in [0.717, 1.165) is 5.56 Å². The molecule has 0 aliphatic rings. The van der Waals surface area contributed by atoms with E-state index < -0.39 is 0 Å². The van der Waals surface area contributed by atoms with Gasteiger partial charge in [0.2, 0.25) is 5.13 Å². The zero-order valence-corrected chi connectivity index (χ0v) is 10.0. The first-order valence-corrected chi connectivity index (χ1v) is 5.90. The van der Waals surface area contributed by atoms with Crippen molar-refractivity contribution in [3.8, 4) is 0 Å². The Morgan fingerprint density at radius 2 is 2.31 bits per heavy atom. The van der Waals surface area contributed by atoms with Crippen molar-refractivity contribution in [2.24, 2.45) is 0 Å². The summed E-state index contributed by atoms with van der Waals surface area (Å²) in [6, 6.07) is 4.31. The van der Waals surface area contributed by atoms with Gasteiger partial charge in [0.1, 0.15) is 11.3 Å².